The molecule has 2 rings (SSSR count). The van der Waals surface area contributed by atoms with Gasteiger partial charge < -0.3 is 4.90 Å². The molecule has 0 N–H and O–H groups in total. The molecule has 1 aromatic carbocycles. The van der Waals surface area contributed by atoms with Crippen molar-refractivity contribution in [2.75, 3.05) is 13.6 Å². The number of rotatable bonds is 2. The van der Waals surface area contributed by atoms with Gasteiger partial charge in [0, 0.05) is 13.6 Å². The second kappa shape index (κ2) is 4.35. The quantitative estimate of drug-likeness (QED) is 0.774. The van der Waals surface area contributed by atoms with Gasteiger partial charge in [-0.1, -0.05) is 19.1 Å². The molecule has 1 aromatic heterocycles. The first kappa shape index (κ1) is 10.7. The molecule has 4 nitrogen and oxygen atoms in total. The maximum atomic E-state index is 12.1. The van der Waals surface area contributed by atoms with Gasteiger partial charge >= 0.3 is 6.03 Å². The minimum atomic E-state index is -0.0319. The fourth-order valence-electron chi connectivity index (χ4n) is 1.73. The van der Waals surface area contributed by atoms with Gasteiger partial charge in [0.1, 0.15) is 6.33 Å². The summed E-state index contributed by atoms with van der Waals surface area (Å²) in [5.41, 5.74) is 1.70. The second-order valence-electron chi connectivity index (χ2n) is 3.81. The number of amides is 1. The van der Waals surface area contributed by atoms with Crippen molar-refractivity contribution in [1.82, 2.24) is 14.5 Å². The second-order valence-corrected chi connectivity index (χ2v) is 3.81. The average Bonchev–Trinajstić information content (AvgIpc) is 2.72. The SMILES string of the molecule is CCCN(C)C(=O)n1cnc2ccccc21. The van der Waals surface area contributed by atoms with E-state index in [9.17, 15) is 4.79 Å². The highest BCUT2D eigenvalue weighted by atomic mass is 16.2. The van der Waals surface area contributed by atoms with Crippen molar-refractivity contribution in [1.29, 1.82) is 0 Å². The summed E-state index contributed by atoms with van der Waals surface area (Å²) in [6, 6.07) is 7.60. The van der Waals surface area contributed by atoms with Crippen LogP contribution in [0.1, 0.15) is 13.3 Å². The molecule has 0 saturated carbocycles. The van der Waals surface area contributed by atoms with Crippen molar-refractivity contribution >= 4 is 17.1 Å². The van der Waals surface area contributed by atoms with Gasteiger partial charge in [-0.15, -0.1) is 0 Å². The molecule has 1 amide bonds. The molecule has 1 heterocycles. The van der Waals surface area contributed by atoms with Crippen molar-refractivity contribution in [2.45, 2.75) is 13.3 Å². The predicted molar refractivity (Wildman–Crippen MR) is 63.4 cm³/mol. The standard InChI is InChI=1S/C12H15N3O/c1-3-8-14(2)12(16)15-9-13-10-6-4-5-7-11(10)15/h4-7,9H,3,8H2,1-2H3. The van der Waals surface area contributed by atoms with E-state index in [-0.39, 0.29) is 6.03 Å². The Morgan fingerprint density at radius 2 is 2.19 bits per heavy atom. The van der Waals surface area contributed by atoms with Crippen molar-refractivity contribution in [3.63, 3.8) is 0 Å². The molecule has 0 fully saturated rings. The first-order chi connectivity index (χ1) is 7.74. The summed E-state index contributed by atoms with van der Waals surface area (Å²) in [5.74, 6) is 0. The third kappa shape index (κ3) is 1.78. The minimum absolute atomic E-state index is 0.0319. The minimum Gasteiger partial charge on any atom is -0.327 e. The molecule has 0 bridgehead atoms. The summed E-state index contributed by atoms with van der Waals surface area (Å²) in [5, 5.41) is 0. The van der Waals surface area contributed by atoms with E-state index in [0.29, 0.717) is 0 Å². The Hall–Kier alpha value is -1.84. The number of nitrogens with zero attached hydrogens (tertiary/aromatic N) is 3. The number of imidazole rings is 1. The van der Waals surface area contributed by atoms with E-state index < -0.39 is 0 Å². The van der Waals surface area contributed by atoms with E-state index in [4.69, 9.17) is 0 Å². The molecule has 0 unspecified atom stereocenters. The van der Waals surface area contributed by atoms with Crippen LogP contribution in [0.25, 0.3) is 11.0 Å². The first-order valence-electron chi connectivity index (χ1n) is 5.41. The van der Waals surface area contributed by atoms with Gasteiger partial charge in [-0.3, -0.25) is 4.57 Å². The van der Waals surface area contributed by atoms with Gasteiger partial charge in [-0.25, -0.2) is 9.78 Å². The molecule has 0 aliphatic rings. The number of carbonyl (C=O) groups excluding carboxylic acids is 1. The number of hydrogen-bond donors (Lipinski definition) is 0. The van der Waals surface area contributed by atoms with E-state index in [0.717, 1.165) is 24.0 Å². The molecule has 0 aliphatic carbocycles. The van der Waals surface area contributed by atoms with E-state index in [1.165, 1.54) is 0 Å². The number of para-hydroxylation sites is 2. The Labute approximate surface area is 94.5 Å². The Morgan fingerprint density at radius 3 is 2.94 bits per heavy atom. The number of benzene rings is 1. The van der Waals surface area contributed by atoms with E-state index >= 15 is 0 Å². The van der Waals surface area contributed by atoms with Crippen LogP contribution in [-0.4, -0.2) is 34.1 Å². The fourth-order valence-corrected chi connectivity index (χ4v) is 1.73. The molecule has 0 saturated heterocycles. The predicted octanol–water partition coefficient (Wildman–Crippen LogP) is 2.35. The van der Waals surface area contributed by atoms with Crippen LogP contribution in [0, 0.1) is 0 Å². The topological polar surface area (TPSA) is 38.1 Å². The average molecular weight is 217 g/mol. The van der Waals surface area contributed by atoms with Gasteiger partial charge in [0.05, 0.1) is 11.0 Å². The number of fused-ring (bicyclic) bond motifs is 1. The van der Waals surface area contributed by atoms with Crippen molar-refractivity contribution in [3.05, 3.63) is 30.6 Å². The summed E-state index contributed by atoms with van der Waals surface area (Å²) in [6.07, 6.45) is 2.54. The molecule has 16 heavy (non-hydrogen) atoms. The highest BCUT2D eigenvalue weighted by Gasteiger charge is 2.12. The normalized spacial score (nSPS) is 10.6. The molecule has 84 valence electrons. The summed E-state index contributed by atoms with van der Waals surface area (Å²) >= 11 is 0. The van der Waals surface area contributed by atoms with Gasteiger partial charge in [0.2, 0.25) is 0 Å². The smallest absolute Gasteiger partial charge is 0.327 e. The Bertz CT molecular complexity index is 504. The van der Waals surface area contributed by atoms with E-state index in [2.05, 4.69) is 11.9 Å². The largest absolute Gasteiger partial charge is 0.329 e. The summed E-state index contributed by atoms with van der Waals surface area (Å²) in [7, 11) is 1.81. The highest BCUT2D eigenvalue weighted by Crippen LogP contribution is 2.12. The maximum absolute atomic E-state index is 12.1. The zero-order valence-corrected chi connectivity index (χ0v) is 9.55. The van der Waals surface area contributed by atoms with Crippen molar-refractivity contribution in [2.24, 2.45) is 0 Å². The monoisotopic (exact) mass is 217 g/mol. The highest BCUT2D eigenvalue weighted by molar-refractivity contribution is 5.88. The molecule has 2 aromatic rings. The Balaban J connectivity index is 2.36. The number of carbonyl (C=O) groups is 1. The molecule has 0 aliphatic heterocycles. The third-order valence-corrected chi connectivity index (χ3v) is 2.55. The number of hydrogen-bond acceptors (Lipinski definition) is 2. The van der Waals surface area contributed by atoms with Crippen LogP contribution in [-0.2, 0) is 0 Å². The fraction of sp³-hybridized carbons (Fsp3) is 0.333. The van der Waals surface area contributed by atoms with Gasteiger partial charge in [-0.05, 0) is 18.6 Å². The molecule has 0 atom stereocenters. The zero-order chi connectivity index (χ0) is 11.5. The van der Waals surface area contributed by atoms with Gasteiger partial charge in [-0.2, -0.15) is 0 Å². The van der Waals surface area contributed by atoms with Crippen molar-refractivity contribution in [3.8, 4) is 0 Å². The lowest BCUT2D eigenvalue weighted by molar-refractivity contribution is 0.211. The third-order valence-electron chi connectivity index (χ3n) is 2.55. The molecular weight excluding hydrogens is 202 g/mol. The van der Waals surface area contributed by atoms with Gasteiger partial charge in [0.15, 0.2) is 0 Å². The van der Waals surface area contributed by atoms with E-state index in [1.54, 1.807) is 22.8 Å². The Kier molecular flexibility index (Phi) is 2.90. The molecular formula is C12H15N3O. The van der Waals surface area contributed by atoms with Gasteiger partial charge in [0.25, 0.3) is 0 Å². The number of aromatic nitrogens is 2. The van der Waals surface area contributed by atoms with Crippen LogP contribution in [0.4, 0.5) is 4.79 Å². The van der Waals surface area contributed by atoms with E-state index in [1.807, 2.05) is 24.3 Å². The lowest BCUT2D eigenvalue weighted by atomic mass is 10.3. The lowest BCUT2D eigenvalue weighted by Gasteiger charge is -2.16. The van der Waals surface area contributed by atoms with Crippen LogP contribution >= 0.6 is 0 Å². The van der Waals surface area contributed by atoms with Crippen LogP contribution in [0.15, 0.2) is 30.6 Å². The molecule has 0 spiro atoms. The first-order valence-corrected chi connectivity index (χ1v) is 5.41. The molecule has 4 heteroatoms. The zero-order valence-electron chi connectivity index (χ0n) is 9.55. The summed E-state index contributed by atoms with van der Waals surface area (Å²) in [6.45, 7) is 2.81. The summed E-state index contributed by atoms with van der Waals surface area (Å²) < 4.78 is 1.59. The maximum Gasteiger partial charge on any atom is 0.329 e. The van der Waals surface area contributed by atoms with Crippen molar-refractivity contribution < 1.29 is 4.79 Å². The summed E-state index contributed by atoms with van der Waals surface area (Å²) in [4.78, 5) is 18.0. The van der Waals surface area contributed by atoms with Crippen LogP contribution in [0.2, 0.25) is 0 Å². The van der Waals surface area contributed by atoms with Crippen LogP contribution in [0.3, 0.4) is 0 Å². The Morgan fingerprint density at radius 1 is 1.44 bits per heavy atom. The van der Waals surface area contributed by atoms with Crippen LogP contribution < -0.4 is 0 Å². The van der Waals surface area contributed by atoms with Crippen LogP contribution in [0.5, 0.6) is 0 Å². The lowest BCUT2D eigenvalue weighted by Crippen LogP contribution is -2.31. The molecule has 0 radical (unpaired) electrons.